The Bertz CT molecular complexity index is 1600. The van der Waals surface area contributed by atoms with E-state index in [1.165, 1.54) is 0 Å². The molecule has 2 aromatic heterocycles. The molecule has 0 fully saturated rings. The van der Waals surface area contributed by atoms with Crippen molar-refractivity contribution in [3.05, 3.63) is 119 Å². The molecule has 3 aromatic carbocycles. The molecule has 176 valence electrons. The quantitative estimate of drug-likeness (QED) is 0.253. The molecule has 0 spiro atoms. The lowest BCUT2D eigenvalue weighted by Crippen LogP contribution is -2.02. The summed E-state index contributed by atoms with van der Waals surface area (Å²) in [6, 6.07) is 24.7. The van der Waals surface area contributed by atoms with E-state index >= 15 is 0 Å². The van der Waals surface area contributed by atoms with E-state index in [0.29, 0.717) is 29.2 Å². The molecule has 0 radical (unpaired) electrons. The van der Waals surface area contributed by atoms with E-state index in [-0.39, 0.29) is 6.61 Å². The first-order chi connectivity index (χ1) is 17.6. The van der Waals surface area contributed by atoms with Crippen LogP contribution in [0.4, 0.5) is 0 Å². The first-order valence-corrected chi connectivity index (χ1v) is 11.5. The number of ether oxygens (including phenoxy) is 2. The number of nitriles is 1. The van der Waals surface area contributed by atoms with Crippen LogP contribution in [0.1, 0.15) is 32.6 Å². The molecule has 0 bridgehead atoms. The average Bonchev–Trinajstić information content (AvgIpc) is 3.39. The second kappa shape index (κ2) is 10.2. The van der Waals surface area contributed by atoms with Gasteiger partial charge in [-0.05, 0) is 71.1 Å². The second-order valence-corrected chi connectivity index (χ2v) is 8.41. The predicted molar refractivity (Wildman–Crippen MR) is 137 cm³/mol. The lowest BCUT2D eigenvalue weighted by Gasteiger charge is -2.14. The van der Waals surface area contributed by atoms with E-state index in [9.17, 15) is 4.79 Å². The first-order valence-electron chi connectivity index (χ1n) is 11.5. The standard InChI is InChI=1S/C30H23N3O3/c1-21-26(6-3-7-28(21)24-9-11-30-32-12-13-33(30)17-24)20-35-27-10-8-25(18-34)29(15-27)36-19-23-5-2-4-22(14-23)16-31/h2-15,17-18H,19-20H2,1H3. The van der Waals surface area contributed by atoms with Crippen molar-refractivity contribution in [2.24, 2.45) is 0 Å². The monoisotopic (exact) mass is 473 g/mol. The van der Waals surface area contributed by atoms with Gasteiger partial charge in [-0.2, -0.15) is 5.26 Å². The zero-order chi connectivity index (χ0) is 24.9. The van der Waals surface area contributed by atoms with Gasteiger partial charge in [0.2, 0.25) is 0 Å². The van der Waals surface area contributed by atoms with Gasteiger partial charge in [0.05, 0.1) is 17.2 Å². The van der Waals surface area contributed by atoms with Crippen LogP contribution < -0.4 is 9.47 Å². The van der Waals surface area contributed by atoms with Crippen molar-refractivity contribution in [3.63, 3.8) is 0 Å². The number of aldehydes is 1. The number of aromatic nitrogens is 2. The van der Waals surface area contributed by atoms with Gasteiger partial charge in [-0.3, -0.25) is 4.79 Å². The fraction of sp³-hybridized carbons (Fsp3) is 0.100. The lowest BCUT2D eigenvalue weighted by atomic mass is 9.98. The summed E-state index contributed by atoms with van der Waals surface area (Å²) in [5, 5.41) is 9.10. The molecule has 36 heavy (non-hydrogen) atoms. The number of pyridine rings is 1. The fourth-order valence-electron chi connectivity index (χ4n) is 4.11. The third kappa shape index (κ3) is 4.82. The predicted octanol–water partition coefficient (Wildman–Crippen LogP) is 6.15. The van der Waals surface area contributed by atoms with Crippen LogP contribution in [0.5, 0.6) is 11.5 Å². The van der Waals surface area contributed by atoms with E-state index in [2.05, 4.69) is 36.3 Å². The lowest BCUT2D eigenvalue weighted by molar-refractivity contribution is 0.111. The minimum atomic E-state index is 0.238. The van der Waals surface area contributed by atoms with Gasteiger partial charge in [-0.15, -0.1) is 0 Å². The van der Waals surface area contributed by atoms with Gasteiger partial charge in [0, 0.05) is 24.7 Å². The van der Waals surface area contributed by atoms with Crippen LogP contribution in [-0.4, -0.2) is 15.7 Å². The highest BCUT2D eigenvalue weighted by molar-refractivity contribution is 5.79. The largest absolute Gasteiger partial charge is 0.489 e. The SMILES string of the molecule is Cc1c(COc2ccc(C=O)c(OCc3cccc(C#N)c3)c2)cccc1-c1ccc2nccn2c1. The Hall–Kier alpha value is -4.89. The fourth-order valence-corrected chi connectivity index (χ4v) is 4.11. The van der Waals surface area contributed by atoms with Gasteiger partial charge in [-0.25, -0.2) is 4.98 Å². The molecule has 6 heteroatoms. The Kier molecular flexibility index (Phi) is 6.46. The number of benzene rings is 3. The van der Waals surface area contributed by atoms with Crippen LogP contribution in [0.25, 0.3) is 16.8 Å². The summed E-state index contributed by atoms with van der Waals surface area (Å²) in [7, 11) is 0. The van der Waals surface area contributed by atoms with Crippen molar-refractivity contribution >= 4 is 11.9 Å². The third-order valence-corrected chi connectivity index (χ3v) is 6.10. The van der Waals surface area contributed by atoms with Gasteiger partial charge in [0.25, 0.3) is 0 Å². The van der Waals surface area contributed by atoms with Crippen molar-refractivity contribution in [2.75, 3.05) is 0 Å². The van der Waals surface area contributed by atoms with Gasteiger partial charge < -0.3 is 13.9 Å². The van der Waals surface area contributed by atoms with Crippen molar-refractivity contribution in [1.82, 2.24) is 9.38 Å². The molecule has 5 aromatic rings. The van der Waals surface area contributed by atoms with Crippen LogP contribution >= 0.6 is 0 Å². The van der Waals surface area contributed by atoms with Crippen LogP contribution in [0.3, 0.4) is 0 Å². The van der Waals surface area contributed by atoms with E-state index in [1.807, 2.05) is 34.9 Å². The number of fused-ring (bicyclic) bond motifs is 1. The number of nitrogens with zero attached hydrogens (tertiary/aromatic N) is 3. The summed E-state index contributed by atoms with van der Waals surface area (Å²) < 4.78 is 14.0. The molecule has 0 aliphatic heterocycles. The Balaban J connectivity index is 1.32. The molecule has 0 saturated carbocycles. The number of hydrogen-bond acceptors (Lipinski definition) is 5. The summed E-state index contributed by atoms with van der Waals surface area (Å²) in [5.74, 6) is 1.04. The molecular formula is C30H23N3O3. The normalized spacial score (nSPS) is 10.7. The number of rotatable bonds is 8. The third-order valence-electron chi connectivity index (χ3n) is 6.10. The highest BCUT2D eigenvalue weighted by atomic mass is 16.5. The second-order valence-electron chi connectivity index (χ2n) is 8.41. The Morgan fingerprint density at radius 2 is 1.89 bits per heavy atom. The van der Waals surface area contributed by atoms with Crippen molar-refractivity contribution in [1.29, 1.82) is 5.26 Å². The Labute approximate surface area is 209 Å². The van der Waals surface area contributed by atoms with Crippen molar-refractivity contribution in [2.45, 2.75) is 20.1 Å². The maximum atomic E-state index is 11.5. The van der Waals surface area contributed by atoms with Crippen LogP contribution in [0.2, 0.25) is 0 Å². The molecular weight excluding hydrogens is 450 g/mol. The number of carbonyl (C=O) groups is 1. The molecule has 0 aliphatic carbocycles. The highest BCUT2D eigenvalue weighted by Crippen LogP contribution is 2.29. The van der Waals surface area contributed by atoms with E-state index in [0.717, 1.165) is 39.8 Å². The Morgan fingerprint density at radius 1 is 1.00 bits per heavy atom. The van der Waals surface area contributed by atoms with Crippen LogP contribution in [-0.2, 0) is 13.2 Å². The summed E-state index contributed by atoms with van der Waals surface area (Å²) >= 11 is 0. The summed E-state index contributed by atoms with van der Waals surface area (Å²) in [6.45, 7) is 2.70. The van der Waals surface area contributed by atoms with Gasteiger partial charge in [0.1, 0.15) is 30.4 Å². The zero-order valence-electron chi connectivity index (χ0n) is 19.7. The summed E-state index contributed by atoms with van der Waals surface area (Å²) in [4.78, 5) is 15.9. The van der Waals surface area contributed by atoms with Gasteiger partial charge in [0.15, 0.2) is 6.29 Å². The number of hydrogen-bond donors (Lipinski definition) is 0. The first kappa shape index (κ1) is 22.9. The maximum absolute atomic E-state index is 11.5. The molecule has 0 atom stereocenters. The smallest absolute Gasteiger partial charge is 0.153 e. The maximum Gasteiger partial charge on any atom is 0.153 e. The summed E-state index contributed by atoms with van der Waals surface area (Å²) in [5.41, 5.74) is 7.18. The Morgan fingerprint density at radius 3 is 2.75 bits per heavy atom. The van der Waals surface area contributed by atoms with Gasteiger partial charge >= 0.3 is 0 Å². The molecule has 6 nitrogen and oxygen atoms in total. The molecule has 0 saturated heterocycles. The summed E-state index contributed by atoms with van der Waals surface area (Å²) in [6.07, 6.45) is 6.55. The van der Waals surface area contributed by atoms with Crippen molar-refractivity contribution in [3.8, 4) is 28.7 Å². The van der Waals surface area contributed by atoms with E-state index in [4.69, 9.17) is 14.7 Å². The van der Waals surface area contributed by atoms with Crippen molar-refractivity contribution < 1.29 is 14.3 Å². The van der Waals surface area contributed by atoms with Crippen LogP contribution in [0, 0.1) is 18.3 Å². The molecule has 5 rings (SSSR count). The molecule has 0 aliphatic rings. The number of imidazole rings is 1. The molecule has 0 amide bonds. The van der Waals surface area contributed by atoms with Gasteiger partial charge in [-0.1, -0.05) is 30.3 Å². The minimum absolute atomic E-state index is 0.238. The topological polar surface area (TPSA) is 76.6 Å². The number of carbonyl (C=O) groups excluding carboxylic acids is 1. The molecule has 2 heterocycles. The van der Waals surface area contributed by atoms with Crippen LogP contribution in [0.15, 0.2) is 91.4 Å². The average molecular weight is 474 g/mol. The highest BCUT2D eigenvalue weighted by Gasteiger charge is 2.10. The minimum Gasteiger partial charge on any atom is -0.489 e. The molecule has 0 unspecified atom stereocenters. The van der Waals surface area contributed by atoms with E-state index in [1.54, 1.807) is 42.6 Å². The molecule has 0 N–H and O–H groups in total. The zero-order valence-corrected chi connectivity index (χ0v) is 19.7. The van der Waals surface area contributed by atoms with E-state index < -0.39 is 0 Å².